The predicted molar refractivity (Wildman–Crippen MR) is 131 cm³/mol. The molecule has 0 unspecified atom stereocenters. The van der Waals surface area contributed by atoms with E-state index in [4.69, 9.17) is 0 Å². The van der Waals surface area contributed by atoms with E-state index in [0.29, 0.717) is 22.6 Å². The van der Waals surface area contributed by atoms with Crippen molar-refractivity contribution in [1.29, 1.82) is 0 Å². The van der Waals surface area contributed by atoms with Crippen LogP contribution in [0.2, 0.25) is 0 Å². The van der Waals surface area contributed by atoms with Gasteiger partial charge in [0.1, 0.15) is 0 Å². The summed E-state index contributed by atoms with van der Waals surface area (Å²) in [5, 5.41) is 23.5. The Morgan fingerprint density at radius 1 is 0.941 bits per heavy atom. The molecule has 0 amide bonds. The molecule has 1 spiro atoms. The number of allylic oxidation sites excluding steroid dienone is 4. The number of aliphatic hydroxyl groups is 2. The molecule has 0 saturated heterocycles. The van der Waals surface area contributed by atoms with Gasteiger partial charge in [0.25, 0.3) is 0 Å². The van der Waals surface area contributed by atoms with Crippen LogP contribution in [0.1, 0.15) is 87.0 Å². The summed E-state index contributed by atoms with van der Waals surface area (Å²) in [4.78, 5) is 28.5. The molecule has 3 fully saturated rings. The highest BCUT2D eigenvalue weighted by Crippen LogP contribution is 2.80. The van der Waals surface area contributed by atoms with E-state index in [2.05, 4.69) is 34.6 Å². The van der Waals surface area contributed by atoms with Crippen LogP contribution in [0.5, 0.6) is 0 Å². The number of Topliss-reactive ketones (excluding diaryl/α,β-unsaturated/α-hetero) is 2. The van der Waals surface area contributed by atoms with E-state index >= 15 is 0 Å². The Morgan fingerprint density at radius 2 is 1.62 bits per heavy atom. The fourth-order valence-electron chi connectivity index (χ4n) is 9.99. The van der Waals surface area contributed by atoms with Crippen LogP contribution in [-0.2, 0) is 9.59 Å². The Labute approximate surface area is 203 Å². The quantitative estimate of drug-likeness (QED) is 0.536. The molecule has 4 nitrogen and oxygen atoms in total. The lowest BCUT2D eigenvalue weighted by molar-refractivity contribution is -0.125. The Kier molecular flexibility index (Phi) is 4.25. The van der Waals surface area contributed by atoms with Gasteiger partial charge in [0.15, 0.2) is 11.5 Å². The van der Waals surface area contributed by atoms with E-state index in [1.54, 1.807) is 0 Å². The van der Waals surface area contributed by atoms with Crippen molar-refractivity contribution in [2.75, 3.05) is 0 Å². The summed E-state index contributed by atoms with van der Waals surface area (Å²) >= 11 is 0. The summed E-state index contributed by atoms with van der Waals surface area (Å²) in [5.41, 5.74) is 2.24. The van der Waals surface area contributed by atoms with Gasteiger partial charge in [-0.2, -0.15) is 0 Å². The molecule has 3 saturated carbocycles. The average molecular weight is 465 g/mol. The number of ketones is 2. The average Bonchev–Trinajstić information content (AvgIpc) is 3.31. The third-order valence-corrected chi connectivity index (χ3v) is 11.5. The molecule has 6 aliphatic carbocycles. The van der Waals surface area contributed by atoms with Gasteiger partial charge in [-0.3, -0.25) is 9.59 Å². The second-order valence-electron chi connectivity index (χ2n) is 13.9. The maximum absolute atomic E-state index is 14.6. The third kappa shape index (κ3) is 2.22. The van der Waals surface area contributed by atoms with E-state index in [1.807, 2.05) is 13.8 Å². The highest BCUT2D eigenvalue weighted by Gasteiger charge is 2.77. The van der Waals surface area contributed by atoms with Gasteiger partial charge in [0.2, 0.25) is 5.78 Å². The molecule has 0 aromatic rings. The summed E-state index contributed by atoms with van der Waals surface area (Å²) in [5.74, 6) is 0.0418. The highest BCUT2D eigenvalue weighted by atomic mass is 16.3. The van der Waals surface area contributed by atoms with E-state index < -0.39 is 16.9 Å². The first kappa shape index (κ1) is 22.8. The predicted octanol–water partition coefficient (Wildman–Crippen LogP) is 5.86. The molecule has 0 heterocycles. The van der Waals surface area contributed by atoms with Crippen molar-refractivity contribution >= 4 is 11.6 Å². The Bertz CT molecular complexity index is 1150. The Hall–Kier alpha value is -1.68. The summed E-state index contributed by atoms with van der Waals surface area (Å²) in [7, 11) is 0. The minimum Gasteiger partial charge on any atom is -0.504 e. The Balaban J connectivity index is 1.68. The lowest BCUT2D eigenvalue weighted by Gasteiger charge is -2.57. The minimum atomic E-state index is -0.858. The van der Waals surface area contributed by atoms with Crippen LogP contribution in [0, 0.1) is 45.3 Å². The SMILES string of the molecule is CC(C)C1=C2C3=C(C(=O)[C@@]24CC[C@]2(C(C)C)C[C@H]42)[C@H](O)[C@H]2C(C)(C)CCC[C@]2(C)C3=C(O)C1=O. The largest absolute Gasteiger partial charge is 0.504 e. The van der Waals surface area contributed by atoms with E-state index in [9.17, 15) is 19.8 Å². The molecule has 0 aromatic heterocycles. The molecule has 4 heteroatoms. The summed E-state index contributed by atoms with van der Waals surface area (Å²) in [6.45, 7) is 15.0. The van der Waals surface area contributed by atoms with Gasteiger partial charge in [-0.25, -0.2) is 0 Å². The second-order valence-corrected chi connectivity index (χ2v) is 13.9. The van der Waals surface area contributed by atoms with E-state index in [-0.39, 0.29) is 45.9 Å². The van der Waals surface area contributed by atoms with Crippen molar-refractivity contribution in [2.45, 2.75) is 93.1 Å². The first-order chi connectivity index (χ1) is 15.8. The van der Waals surface area contributed by atoms with Gasteiger partial charge in [-0.05, 0) is 71.8 Å². The molecular formula is C30H40O4. The Morgan fingerprint density at radius 3 is 2.18 bits per heavy atom. The maximum Gasteiger partial charge on any atom is 0.224 e. The molecule has 6 aliphatic rings. The summed E-state index contributed by atoms with van der Waals surface area (Å²) in [6.07, 6.45) is 4.68. The smallest absolute Gasteiger partial charge is 0.224 e. The fraction of sp³-hybridized carbons (Fsp3) is 0.733. The number of carbonyl (C=O) groups excluding carboxylic acids is 2. The molecular weight excluding hydrogens is 424 g/mol. The molecule has 0 aliphatic heterocycles. The molecule has 0 radical (unpaired) electrons. The number of hydrogen-bond acceptors (Lipinski definition) is 4. The first-order valence-corrected chi connectivity index (χ1v) is 13.5. The monoisotopic (exact) mass is 464 g/mol. The van der Waals surface area contributed by atoms with Crippen molar-refractivity contribution in [3.8, 4) is 0 Å². The van der Waals surface area contributed by atoms with E-state index in [1.165, 1.54) is 0 Å². The van der Waals surface area contributed by atoms with E-state index in [0.717, 1.165) is 49.7 Å². The van der Waals surface area contributed by atoms with Gasteiger partial charge in [-0.15, -0.1) is 0 Å². The molecule has 0 bridgehead atoms. The molecule has 34 heavy (non-hydrogen) atoms. The van der Waals surface area contributed by atoms with Crippen LogP contribution >= 0.6 is 0 Å². The first-order valence-electron chi connectivity index (χ1n) is 13.5. The van der Waals surface area contributed by atoms with Crippen LogP contribution in [0.3, 0.4) is 0 Å². The number of carbonyl (C=O) groups is 2. The molecule has 184 valence electrons. The van der Waals surface area contributed by atoms with Gasteiger partial charge in [-0.1, -0.05) is 54.9 Å². The third-order valence-electron chi connectivity index (χ3n) is 11.5. The van der Waals surface area contributed by atoms with Crippen LogP contribution in [0.25, 0.3) is 0 Å². The maximum atomic E-state index is 14.6. The molecule has 6 rings (SSSR count). The number of hydrogen-bond donors (Lipinski definition) is 2. The number of rotatable bonds is 2. The van der Waals surface area contributed by atoms with Crippen molar-refractivity contribution < 1.29 is 19.8 Å². The lowest BCUT2D eigenvalue weighted by atomic mass is 9.47. The van der Waals surface area contributed by atoms with Crippen molar-refractivity contribution in [3.63, 3.8) is 0 Å². The van der Waals surface area contributed by atoms with Crippen molar-refractivity contribution in [1.82, 2.24) is 0 Å². The molecule has 2 N–H and O–H groups in total. The van der Waals surface area contributed by atoms with Crippen LogP contribution in [0.4, 0.5) is 0 Å². The standard InChI is InChI=1S/C30H40O4/c1-14(2)17-20-18-19(26(34)30(20)12-11-29(15(3)4)13-16(29)30)23(32)25-27(5,6)9-8-10-28(25,7)21(18)24(33)22(17)31/h14-16,23,25,32-33H,8-13H2,1-7H3/t16-,23-,25-,28+,29+,30+/m0/s1. The molecule has 6 atom stereocenters. The summed E-state index contributed by atoms with van der Waals surface area (Å²) in [6, 6.07) is 0. The van der Waals surface area contributed by atoms with Gasteiger partial charge in [0, 0.05) is 28.1 Å². The zero-order valence-corrected chi connectivity index (χ0v) is 21.8. The number of fused-ring (bicyclic) bond motifs is 5. The highest BCUT2D eigenvalue weighted by molar-refractivity contribution is 6.19. The van der Waals surface area contributed by atoms with Gasteiger partial charge < -0.3 is 10.2 Å². The minimum absolute atomic E-state index is 0.0663. The van der Waals surface area contributed by atoms with Crippen LogP contribution in [-0.4, -0.2) is 27.9 Å². The summed E-state index contributed by atoms with van der Waals surface area (Å²) < 4.78 is 0. The zero-order valence-electron chi connectivity index (χ0n) is 21.8. The number of aliphatic hydroxyl groups excluding tert-OH is 2. The fourth-order valence-corrected chi connectivity index (χ4v) is 9.99. The van der Waals surface area contributed by atoms with Crippen molar-refractivity contribution in [3.05, 3.63) is 33.6 Å². The topological polar surface area (TPSA) is 74.6 Å². The zero-order chi connectivity index (χ0) is 24.7. The second kappa shape index (κ2) is 6.35. The van der Waals surface area contributed by atoms with Crippen molar-refractivity contribution in [2.24, 2.45) is 45.3 Å². The molecule has 0 aromatic carbocycles. The van der Waals surface area contributed by atoms with Gasteiger partial charge >= 0.3 is 0 Å². The van der Waals surface area contributed by atoms with Gasteiger partial charge in [0.05, 0.1) is 11.5 Å². The lowest BCUT2D eigenvalue weighted by Crippen LogP contribution is -2.54. The van der Waals surface area contributed by atoms with Crippen LogP contribution in [0.15, 0.2) is 33.6 Å². The van der Waals surface area contributed by atoms with Crippen LogP contribution < -0.4 is 0 Å². The normalized spacial score (nSPS) is 44.5.